The number of nitriles is 1. The van der Waals surface area contributed by atoms with E-state index < -0.39 is 6.10 Å². The highest BCUT2D eigenvalue weighted by Gasteiger charge is 2.26. The first kappa shape index (κ1) is 14.7. The molecule has 1 heterocycles. The van der Waals surface area contributed by atoms with Crippen LogP contribution in [0.2, 0.25) is 0 Å². The van der Waals surface area contributed by atoms with Crippen molar-refractivity contribution in [1.29, 1.82) is 5.26 Å². The molecule has 1 atom stereocenters. The van der Waals surface area contributed by atoms with Gasteiger partial charge in [0.05, 0.1) is 18.4 Å². The SMILES string of the molecule is Cn1cc(C(C#N)OCCCO)c(C(C)(C)C)n1. The predicted molar refractivity (Wildman–Crippen MR) is 67.9 cm³/mol. The Morgan fingerprint density at radius 2 is 2.22 bits per heavy atom. The van der Waals surface area contributed by atoms with Gasteiger partial charge in [-0.25, -0.2) is 0 Å². The van der Waals surface area contributed by atoms with Crippen molar-refractivity contribution in [3.63, 3.8) is 0 Å². The quantitative estimate of drug-likeness (QED) is 0.808. The molecular formula is C13H21N3O2. The first-order valence-electron chi connectivity index (χ1n) is 6.06. The zero-order valence-corrected chi connectivity index (χ0v) is 11.5. The average Bonchev–Trinajstić information content (AvgIpc) is 2.66. The zero-order chi connectivity index (χ0) is 13.8. The van der Waals surface area contributed by atoms with Crippen LogP contribution in [0, 0.1) is 11.3 Å². The Morgan fingerprint density at radius 3 is 2.72 bits per heavy atom. The van der Waals surface area contributed by atoms with Crippen LogP contribution in [0.1, 0.15) is 44.6 Å². The number of aryl methyl sites for hydroxylation is 1. The maximum Gasteiger partial charge on any atom is 0.172 e. The second-order valence-corrected chi connectivity index (χ2v) is 5.31. The third-order valence-electron chi connectivity index (χ3n) is 2.55. The summed E-state index contributed by atoms with van der Waals surface area (Å²) >= 11 is 0. The van der Waals surface area contributed by atoms with Crippen molar-refractivity contribution >= 4 is 0 Å². The van der Waals surface area contributed by atoms with Crippen LogP contribution in [0.15, 0.2) is 6.20 Å². The molecule has 0 fully saturated rings. The minimum atomic E-state index is -0.625. The van der Waals surface area contributed by atoms with Gasteiger partial charge in [-0.05, 0) is 6.42 Å². The van der Waals surface area contributed by atoms with Gasteiger partial charge in [-0.15, -0.1) is 0 Å². The highest BCUT2D eigenvalue weighted by atomic mass is 16.5. The molecule has 0 saturated heterocycles. The monoisotopic (exact) mass is 251 g/mol. The molecule has 1 aromatic heterocycles. The molecule has 1 unspecified atom stereocenters. The molecule has 0 amide bonds. The van der Waals surface area contributed by atoms with E-state index in [1.807, 2.05) is 13.2 Å². The maximum absolute atomic E-state index is 9.20. The normalized spacial score (nSPS) is 13.3. The highest BCUT2D eigenvalue weighted by molar-refractivity contribution is 5.29. The van der Waals surface area contributed by atoms with Crippen LogP contribution in [-0.4, -0.2) is 28.1 Å². The molecule has 1 aromatic rings. The van der Waals surface area contributed by atoms with Crippen molar-refractivity contribution in [1.82, 2.24) is 9.78 Å². The van der Waals surface area contributed by atoms with E-state index >= 15 is 0 Å². The van der Waals surface area contributed by atoms with Crippen LogP contribution in [0.3, 0.4) is 0 Å². The van der Waals surface area contributed by atoms with Gasteiger partial charge in [0.2, 0.25) is 0 Å². The number of nitrogens with zero attached hydrogens (tertiary/aromatic N) is 3. The number of aliphatic hydroxyl groups excluding tert-OH is 1. The molecular weight excluding hydrogens is 230 g/mol. The number of aromatic nitrogens is 2. The van der Waals surface area contributed by atoms with Crippen molar-refractivity contribution in [3.8, 4) is 6.07 Å². The largest absolute Gasteiger partial charge is 0.396 e. The van der Waals surface area contributed by atoms with E-state index in [9.17, 15) is 5.26 Å². The van der Waals surface area contributed by atoms with Gasteiger partial charge in [0, 0.05) is 30.8 Å². The van der Waals surface area contributed by atoms with E-state index in [-0.39, 0.29) is 12.0 Å². The van der Waals surface area contributed by atoms with E-state index in [2.05, 4.69) is 31.9 Å². The number of hydrogen-bond acceptors (Lipinski definition) is 4. The molecule has 0 aliphatic heterocycles. The fourth-order valence-corrected chi connectivity index (χ4v) is 1.74. The summed E-state index contributed by atoms with van der Waals surface area (Å²) in [6.07, 6.45) is 1.73. The minimum Gasteiger partial charge on any atom is -0.396 e. The number of ether oxygens (including phenoxy) is 1. The Labute approximate surface area is 108 Å². The van der Waals surface area contributed by atoms with Crippen LogP contribution in [-0.2, 0) is 17.2 Å². The summed E-state index contributed by atoms with van der Waals surface area (Å²) in [6.45, 7) is 6.60. The summed E-state index contributed by atoms with van der Waals surface area (Å²) in [5, 5.41) is 22.3. The second-order valence-electron chi connectivity index (χ2n) is 5.31. The molecule has 0 radical (unpaired) electrons. The second kappa shape index (κ2) is 5.98. The van der Waals surface area contributed by atoms with Crippen molar-refractivity contribution in [2.75, 3.05) is 13.2 Å². The molecule has 0 aliphatic rings. The molecule has 0 aliphatic carbocycles. The molecule has 0 bridgehead atoms. The molecule has 18 heavy (non-hydrogen) atoms. The van der Waals surface area contributed by atoms with Crippen LogP contribution < -0.4 is 0 Å². The summed E-state index contributed by atoms with van der Waals surface area (Å²) in [6, 6.07) is 2.15. The van der Waals surface area contributed by atoms with Crippen molar-refractivity contribution in [3.05, 3.63) is 17.5 Å². The molecule has 1 N–H and O–H groups in total. The van der Waals surface area contributed by atoms with Gasteiger partial charge in [-0.1, -0.05) is 20.8 Å². The maximum atomic E-state index is 9.20. The Kier molecular flexibility index (Phi) is 4.88. The summed E-state index contributed by atoms with van der Waals surface area (Å²) < 4.78 is 7.20. The lowest BCUT2D eigenvalue weighted by molar-refractivity contribution is 0.0763. The van der Waals surface area contributed by atoms with E-state index in [1.54, 1.807) is 4.68 Å². The number of hydrogen-bond donors (Lipinski definition) is 1. The summed E-state index contributed by atoms with van der Waals surface area (Å²) in [7, 11) is 1.83. The molecule has 5 heteroatoms. The van der Waals surface area contributed by atoms with Crippen LogP contribution in [0.25, 0.3) is 0 Å². The Hall–Kier alpha value is -1.38. The number of rotatable bonds is 5. The molecule has 100 valence electrons. The Morgan fingerprint density at radius 1 is 1.56 bits per heavy atom. The molecule has 0 saturated carbocycles. The van der Waals surface area contributed by atoms with Gasteiger partial charge in [-0.3, -0.25) is 4.68 Å². The van der Waals surface area contributed by atoms with E-state index in [1.165, 1.54) is 0 Å². The van der Waals surface area contributed by atoms with Crippen LogP contribution in [0.4, 0.5) is 0 Å². The fraction of sp³-hybridized carbons (Fsp3) is 0.692. The van der Waals surface area contributed by atoms with Crippen molar-refractivity contribution in [2.45, 2.75) is 38.7 Å². The third-order valence-corrected chi connectivity index (χ3v) is 2.55. The lowest BCUT2D eigenvalue weighted by Gasteiger charge is -2.19. The molecule has 5 nitrogen and oxygen atoms in total. The summed E-state index contributed by atoms with van der Waals surface area (Å²) in [5.41, 5.74) is 1.55. The van der Waals surface area contributed by atoms with Crippen molar-refractivity contribution < 1.29 is 9.84 Å². The first-order valence-corrected chi connectivity index (χ1v) is 6.06. The lowest BCUT2D eigenvalue weighted by atomic mass is 9.88. The van der Waals surface area contributed by atoms with Gasteiger partial charge < -0.3 is 9.84 Å². The van der Waals surface area contributed by atoms with Gasteiger partial charge in [0.25, 0.3) is 0 Å². The minimum absolute atomic E-state index is 0.0668. The summed E-state index contributed by atoms with van der Waals surface area (Å²) in [4.78, 5) is 0. The number of aliphatic hydroxyl groups is 1. The lowest BCUT2D eigenvalue weighted by Crippen LogP contribution is -2.17. The fourth-order valence-electron chi connectivity index (χ4n) is 1.74. The van der Waals surface area contributed by atoms with Crippen molar-refractivity contribution in [2.24, 2.45) is 7.05 Å². The van der Waals surface area contributed by atoms with Gasteiger partial charge in [-0.2, -0.15) is 10.4 Å². The third kappa shape index (κ3) is 3.56. The van der Waals surface area contributed by atoms with Gasteiger partial charge in [0.15, 0.2) is 6.10 Å². The summed E-state index contributed by atoms with van der Waals surface area (Å²) in [5.74, 6) is 0. The van der Waals surface area contributed by atoms with Crippen LogP contribution >= 0.6 is 0 Å². The Balaban J connectivity index is 2.96. The van der Waals surface area contributed by atoms with E-state index in [4.69, 9.17) is 9.84 Å². The average molecular weight is 251 g/mol. The first-order chi connectivity index (χ1) is 8.40. The zero-order valence-electron chi connectivity index (χ0n) is 11.5. The van der Waals surface area contributed by atoms with E-state index in [0.717, 1.165) is 11.3 Å². The predicted octanol–water partition coefficient (Wildman–Crippen LogP) is 1.68. The Bertz CT molecular complexity index is 426. The van der Waals surface area contributed by atoms with Crippen LogP contribution in [0.5, 0.6) is 0 Å². The van der Waals surface area contributed by atoms with Gasteiger partial charge >= 0.3 is 0 Å². The molecule has 1 rings (SSSR count). The topological polar surface area (TPSA) is 71.1 Å². The van der Waals surface area contributed by atoms with Gasteiger partial charge in [0.1, 0.15) is 0 Å². The smallest absolute Gasteiger partial charge is 0.172 e. The molecule has 0 aromatic carbocycles. The standard InChI is InChI=1S/C13H21N3O2/c1-13(2,3)12-10(9-16(4)15-12)11(8-14)18-7-5-6-17/h9,11,17H,5-7H2,1-4H3. The molecule has 0 spiro atoms. The highest BCUT2D eigenvalue weighted by Crippen LogP contribution is 2.29. The van der Waals surface area contributed by atoms with E-state index in [0.29, 0.717) is 13.0 Å².